The number of hydrogen-bond acceptors (Lipinski definition) is 6. The van der Waals surface area contributed by atoms with Crippen molar-refractivity contribution in [2.75, 3.05) is 20.0 Å². The molecule has 7 nitrogen and oxygen atoms in total. The summed E-state index contributed by atoms with van der Waals surface area (Å²) in [5.41, 5.74) is 0.932. The van der Waals surface area contributed by atoms with Gasteiger partial charge in [-0.1, -0.05) is 12.1 Å². The van der Waals surface area contributed by atoms with Crippen LogP contribution in [0.4, 0.5) is 4.39 Å². The molecule has 1 aromatic rings. The van der Waals surface area contributed by atoms with Crippen molar-refractivity contribution < 1.29 is 18.7 Å². The van der Waals surface area contributed by atoms with E-state index in [1.165, 1.54) is 49.3 Å². The molecule has 1 unspecified atom stereocenters. The molecule has 1 aliphatic rings. The second-order valence-corrected chi connectivity index (χ2v) is 6.69. The average Bonchev–Trinajstić information content (AvgIpc) is 2.64. The summed E-state index contributed by atoms with van der Waals surface area (Å²) < 4.78 is 19.0. The average molecular weight is 392 g/mol. The van der Waals surface area contributed by atoms with E-state index in [9.17, 15) is 14.0 Å². The maximum Gasteiger partial charge on any atom is 0.268 e. The first-order chi connectivity index (χ1) is 13.0. The lowest BCUT2D eigenvalue weighted by Gasteiger charge is -2.20. The molecule has 0 bridgehead atoms. The number of rotatable bonds is 8. The Morgan fingerprint density at radius 3 is 2.96 bits per heavy atom. The highest BCUT2D eigenvalue weighted by atomic mass is 32.2. The van der Waals surface area contributed by atoms with Crippen LogP contribution in [0.2, 0.25) is 0 Å². The van der Waals surface area contributed by atoms with E-state index in [0.717, 1.165) is 0 Å². The molecular formula is C18H21FN4O3S. The molecule has 2 rings (SSSR count). The Morgan fingerprint density at radius 2 is 2.33 bits per heavy atom. The Morgan fingerprint density at radius 1 is 1.56 bits per heavy atom. The van der Waals surface area contributed by atoms with Crippen LogP contribution in [0.15, 0.2) is 45.5 Å². The summed E-state index contributed by atoms with van der Waals surface area (Å²) in [4.78, 5) is 28.1. The van der Waals surface area contributed by atoms with Crippen LogP contribution in [0.3, 0.4) is 0 Å². The zero-order valence-electron chi connectivity index (χ0n) is 15.1. The summed E-state index contributed by atoms with van der Waals surface area (Å²) in [6.07, 6.45) is 1.54. The molecule has 27 heavy (non-hydrogen) atoms. The monoisotopic (exact) mass is 392 g/mol. The molecular weight excluding hydrogens is 371 g/mol. The number of carbonyl (C=O) groups is 2. The zero-order valence-corrected chi connectivity index (χ0v) is 16.0. The van der Waals surface area contributed by atoms with E-state index >= 15 is 0 Å². The van der Waals surface area contributed by atoms with Crippen molar-refractivity contribution in [1.82, 2.24) is 10.3 Å². The summed E-state index contributed by atoms with van der Waals surface area (Å²) in [5, 5.41) is 7.89. The van der Waals surface area contributed by atoms with Gasteiger partial charge in [0.25, 0.3) is 5.91 Å². The maximum absolute atomic E-state index is 13.5. The Hall–Kier alpha value is -2.52. The third-order valence-electron chi connectivity index (χ3n) is 3.81. The molecule has 144 valence electrons. The van der Waals surface area contributed by atoms with Crippen LogP contribution in [-0.2, 0) is 14.3 Å². The normalized spacial score (nSPS) is 16.0. The summed E-state index contributed by atoms with van der Waals surface area (Å²) in [5.74, 6) is -0.604. The number of ether oxygens (including phenoxy) is 1. The van der Waals surface area contributed by atoms with Crippen LogP contribution in [0, 0.1) is 5.82 Å². The van der Waals surface area contributed by atoms with E-state index in [2.05, 4.69) is 22.1 Å². The lowest BCUT2D eigenvalue weighted by molar-refractivity contribution is -0.130. The van der Waals surface area contributed by atoms with Crippen molar-refractivity contribution in [3.8, 4) is 0 Å². The summed E-state index contributed by atoms with van der Waals surface area (Å²) in [7, 11) is 3.03. The van der Waals surface area contributed by atoms with Crippen molar-refractivity contribution in [3.05, 3.63) is 46.8 Å². The van der Waals surface area contributed by atoms with Crippen molar-refractivity contribution in [3.63, 3.8) is 0 Å². The number of aliphatic imine (C=N–C) groups is 1. The van der Waals surface area contributed by atoms with Gasteiger partial charge in [-0.15, -0.1) is 11.8 Å². The first-order valence-electron chi connectivity index (χ1n) is 8.15. The van der Waals surface area contributed by atoms with Gasteiger partial charge in [0.1, 0.15) is 17.6 Å². The Balaban J connectivity index is 2.01. The van der Waals surface area contributed by atoms with Gasteiger partial charge in [0.2, 0.25) is 5.91 Å². The predicted molar refractivity (Wildman–Crippen MR) is 104 cm³/mol. The van der Waals surface area contributed by atoms with Gasteiger partial charge < -0.3 is 10.1 Å². The third-order valence-corrected chi connectivity index (χ3v) is 4.75. The van der Waals surface area contributed by atoms with Gasteiger partial charge in [0, 0.05) is 38.1 Å². The number of benzene rings is 1. The van der Waals surface area contributed by atoms with E-state index in [4.69, 9.17) is 4.74 Å². The lowest BCUT2D eigenvalue weighted by atomic mass is 10.1. The molecule has 1 aromatic carbocycles. The topological polar surface area (TPSA) is 83.4 Å². The first-order valence-corrected chi connectivity index (χ1v) is 9.14. The molecule has 0 fully saturated rings. The second-order valence-electron chi connectivity index (χ2n) is 5.64. The number of nitrogens with zero attached hydrogens (tertiary/aromatic N) is 3. The van der Waals surface area contributed by atoms with Gasteiger partial charge in [-0.05, 0) is 24.4 Å². The predicted octanol–water partition coefficient (Wildman–Crippen LogP) is 2.47. The van der Waals surface area contributed by atoms with E-state index < -0.39 is 6.10 Å². The summed E-state index contributed by atoms with van der Waals surface area (Å²) in [6, 6.07) is 6.08. The number of halogens is 1. The highest BCUT2D eigenvalue weighted by Gasteiger charge is 2.22. The fourth-order valence-electron chi connectivity index (χ4n) is 2.48. The van der Waals surface area contributed by atoms with Gasteiger partial charge in [0.15, 0.2) is 0 Å². The molecule has 0 radical (unpaired) electrons. The lowest BCUT2D eigenvalue weighted by Crippen LogP contribution is -2.37. The molecule has 0 aliphatic carbocycles. The quantitative estimate of drug-likeness (QED) is 0.544. The highest BCUT2D eigenvalue weighted by Crippen LogP contribution is 2.33. The molecule has 0 aromatic heterocycles. The first kappa shape index (κ1) is 20.8. The standard InChI is InChI=1S/C18H21FN4O3S/c1-20-10-15(17(26-3)12-5-4-6-13(19)9-12)27-11-21-18(25)14-7-8-16(24)23(2)22-14/h4-6,9-10,17H,1,7-8,11H2,2-3H3,(H,21,25)/b15-10-. The van der Waals surface area contributed by atoms with E-state index in [1.807, 2.05) is 0 Å². The molecule has 0 spiro atoms. The van der Waals surface area contributed by atoms with E-state index in [1.54, 1.807) is 12.1 Å². The van der Waals surface area contributed by atoms with Crippen molar-refractivity contribution in [2.24, 2.45) is 10.1 Å². The van der Waals surface area contributed by atoms with Crippen molar-refractivity contribution in [1.29, 1.82) is 0 Å². The van der Waals surface area contributed by atoms with E-state index in [0.29, 0.717) is 22.6 Å². The number of carbonyl (C=O) groups excluding carboxylic acids is 2. The van der Waals surface area contributed by atoms with Crippen molar-refractivity contribution >= 4 is 36.0 Å². The molecule has 0 saturated heterocycles. The highest BCUT2D eigenvalue weighted by molar-refractivity contribution is 8.03. The number of thioether (sulfide) groups is 1. The zero-order chi connectivity index (χ0) is 19.8. The van der Waals surface area contributed by atoms with Crippen LogP contribution in [0.5, 0.6) is 0 Å². The number of hydrogen-bond donors (Lipinski definition) is 1. The van der Waals surface area contributed by atoms with Gasteiger partial charge in [-0.25, -0.2) is 9.40 Å². The van der Waals surface area contributed by atoms with Gasteiger partial charge >= 0.3 is 0 Å². The minimum atomic E-state index is -0.538. The largest absolute Gasteiger partial charge is 0.371 e. The fraction of sp³-hybridized carbons (Fsp3) is 0.333. The number of methoxy groups -OCH3 is 1. The van der Waals surface area contributed by atoms with Gasteiger partial charge in [-0.2, -0.15) is 5.10 Å². The third kappa shape index (κ3) is 5.73. The van der Waals surface area contributed by atoms with Crippen LogP contribution >= 0.6 is 11.8 Å². The Labute approximate surface area is 161 Å². The summed E-state index contributed by atoms with van der Waals surface area (Å²) in [6.45, 7) is 3.45. The second kappa shape index (κ2) is 9.98. The van der Waals surface area contributed by atoms with Gasteiger partial charge in [-0.3, -0.25) is 14.6 Å². The van der Waals surface area contributed by atoms with Gasteiger partial charge in [0.05, 0.1) is 5.88 Å². The molecule has 1 N–H and O–H groups in total. The SMILES string of the molecule is C=N/C=C(\SCNC(=O)C1=NN(C)C(=O)CC1)C(OC)c1cccc(F)c1. The molecule has 0 saturated carbocycles. The molecule has 2 amide bonds. The van der Waals surface area contributed by atoms with Crippen LogP contribution < -0.4 is 5.32 Å². The molecule has 1 aliphatic heterocycles. The van der Waals surface area contributed by atoms with Crippen LogP contribution in [0.25, 0.3) is 0 Å². The molecule has 9 heteroatoms. The van der Waals surface area contributed by atoms with E-state index in [-0.39, 0.29) is 29.9 Å². The number of nitrogens with one attached hydrogen (secondary N) is 1. The number of hydrazone groups is 1. The van der Waals surface area contributed by atoms with Crippen LogP contribution in [0.1, 0.15) is 24.5 Å². The Bertz CT molecular complexity index is 782. The molecule has 1 heterocycles. The van der Waals surface area contributed by atoms with Crippen LogP contribution in [-0.4, -0.2) is 49.3 Å². The smallest absolute Gasteiger partial charge is 0.268 e. The Kier molecular flexibility index (Phi) is 7.68. The minimum absolute atomic E-state index is 0.124. The molecule has 1 atom stereocenters. The summed E-state index contributed by atoms with van der Waals surface area (Å²) >= 11 is 1.29. The maximum atomic E-state index is 13.5. The number of amides is 2. The van der Waals surface area contributed by atoms with Crippen molar-refractivity contribution in [2.45, 2.75) is 18.9 Å². The fourth-order valence-corrected chi connectivity index (χ4v) is 3.38. The minimum Gasteiger partial charge on any atom is -0.371 e.